The molecule has 4 rings (SSSR count). The average molecular weight is 483 g/mol. The molecule has 1 aliphatic rings. The average Bonchev–Trinajstić information content (AvgIpc) is 3.14. The summed E-state index contributed by atoms with van der Waals surface area (Å²) in [5.74, 6) is 1.44. The van der Waals surface area contributed by atoms with Crippen molar-refractivity contribution < 1.29 is 18.7 Å². The number of carbonyl (C=O) groups excluding carboxylic acids is 1. The van der Waals surface area contributed by atoms with Gasteiger partial charge in [-0.15, -0.1) is 0 Å². The van der Waals surface area contributed by atoms with Crippen LogP contribution in [0.3, 0.4) is 0 Å². The molecule has 0 bridgehead atoms. The maximum atomic E-state index is 14.2. The predicted molar refractivity (Wildman–Crippen MR) is 131 cm³/mol. The van der Waals surface area contributed by atoms with Crippen LogP contribution in [0.1, 0.15) is 24.7 Å². The van der Waals surface area contributed by atoms with Crippen LogP contribution in [-0.4, -0.2) is 65.6 Å². The Morgan fingerprint density at radius 1 is 1.14 bits per heavy atom. The third-order valence-electron chi connectivity index (χ3n) is 5.96. The Labute approximate surface area is 204 Å². The number of nitrogens with zero attached hydrogens (tertiary/aromatic N) is 5. The van der Waals surface area contributed by atoms with Crippen LogP contribution in [0.2, 0.25) is 0 Å². The third kappa shape index (κ3) is 5.64. The Morgan fingerprint density at radius 3 is 2.74 bits per heavy atom. The molecule has 0 saturated carbocycles. The van der Waals surface area contributed by atoms with Gasteiger partial charge in [-0.1, -0.05) is 6.07 Å². The van der Waals surface area contributed by atoms with E-state index in [1.165, 1.54) is 13.2 Å². The summed E-state index contributed by atoms with van der Waals surface area (Å²) in [6.45, 7) is 7.03. The first-order valence-electron chi connectivity index (χ1n) is 11.7. The lowest BCUT2D eigenvalue weighted by atomic mass is 10.2. The van der Waals surface area contributed by atoms with Crippen molar-refractivity contribution in [2.45, 2.75) is 26.8 Å². The van der Waals surface area contributed by atoms with Crippen molar-refractivity contribution >= 4 is 11.7 Å². The van der Waals surface area contributed by atoms with Crippen LogP contribution >= 0.6 is 0 Å². The summed E-state index contributed by atoms with van der Waals surface area (Å²) >= 11 is 0. The van der Waals surface area contributed by atoms with E-state index in [2.05, 4.69) is 20.3 Å². The second-order valence-corrected chi connectivity index (χ2v) is 8.23. The van der Waals surface area contributed by atoms with Gasteiger partial charge in [0.1, 0.15) is 35.2 Å². The summed E-state index contributed by atoms with van der Waals surface area (Å²) in [6, 6.07) is 10.4. The van der Waals surface area contributed by atoms with Gasteiger partial charge in [-0.25, -0.2) is 18.9 Å². The molecule has 1 aromatic heterocycles. The van der Waals surface area contributed by atoms with Gasteiger partial charge < -0.3 is 24.6 Å². The number of hydrogen-bond donors (Lipinski definition) is 1. The van der Waals surface area contributed by atoms with Gasteiger partial charge in [0.2, 0.25) is 0 Å². The minimum absolute atomic E-state index is 0.0653. The van der Waals surface area contributed by atoms with E-state index >= 15 is 0 Å². The number of aryl methyl sites for hydroxylation is 1. The van der Waals surface area contributed by atoms with E-state index < -0.39 is 5.82 Å². The Morgan fingerprint density at radius 2 is 2.00 bits per heavy atom. The molecule has 186 valence electrons. The number of nitrogens with one attached hydrogen (secondary N) is 1. The second-order valence-electron chi connectivity index (χ2n) is 8.23. The Hall–Kier alpha value is -3.82. The van der Waals surface area contributed by atoms with Crippen molar-refractivity contribution in [3.8, 4) is 17.2 Å². The number of aromatic nitrogens is 3. The summed E-state index contributed by atoms with van der Waals surface area (Å²) in [5, 5.41) is 7.23. The van der Waals surface area contributed by atoms with Crippen molar-refractivity contribution in [2.24, 2.45) is 0 Å². The zero-order valence-electron chi connectivity index (χ0n) is 20.3. The largest absolute Gasteiger partial charge is 0.496 e. The summed E-state index contributed by atoms with van der Waals surface area (Å²) in [7, 11) is 1.49. The minimum Gasteiger partial charge on any atom is -0.496 e. The molecule has 2 amide bonds. The number of hydrogen-bond acceptors (Lipinski definition) is 6. The van der Waals surface area contributed by atoms with Gasteiger partial charge in [0.25, 0.3) is 0 Å². The molecular formula is C25H31FN6O3. The summed E-state index contributed by atoms with van der Waals surface area (Å²) < 4.78 is 27.0. The molecule has 3 aromatic rings. The SMILES string of the molecule is CCOc1cc(N2CCCN(C(=O)NCc3c(F)cccc3OC)CC2)ccc1-n1cnc(C)n1. The molecule has 1 fully saturated rings. The fraction of sp³-hybridized carbons (Fsp3) is 0.400. The first-order chi connectivity index (χ1) is 17.0. The lowest BCUT2D eigenvalue weighted by Gasteiger charge is -2.25. The fourth-order valence-corrected chi connectivity index (χ4v) is 4.18. The Kier molecular flexibility index (Phi) is 7.69. The number of amides is 2. The molecule has 0 radical (unpaired) electrons. The lowest BCUT2D eigenvalue weighted by molar-refractivity contribution is 0.200. The number of methoxy groups -OCH3 is 1. The van der Waals surface area contributed by atoms with E-state index in [-0.39, 0.29) is 12.6 Å². The molecule has 9 nitrogen and oxygen atoms in total. The Balaban J connectivity index is 1.41. The molecule has 1 N–H and O–H groups in total. The monoisotopic (exact) mass is 482 g/mol. The van der Waals surface area contributed by atoms with Gasteiger partial charge in [0, 0.05) is 43.5 Å². The highest BCUT2D eigenvalue weighted by molar-refractivity contribution is 5.74. The smallest absolute Gasteiger partial charge is 0.317 e. The van der Waals surface area contributed by atoms with Crippen LogP contribution in [0.4, 0.5) is 14.9 Å². The number of benzene rings is 2. The molecule has 1 saturated heterocycles. The van der Waals surface area contributed by atoms with Gasteiger partial charge in [-0.3, -0.25) is 0 Å². The molecule has 2 aromatic carbocycles. The molecule has 0 aliphatic carbocycles. The van der Waals surface area contributed by atoms with Crippen molar-refractivity contribution in [1.29, 1.82) is 0 Å². The number of rotatable bonds is 7. The highest BCUT2D eigenvalue weighted by Gasteiger charge is 2.21. The Bertz CT molecular complexity index is 1170. The van der Waals surface area contributed by atoms with E-state index in [0.717, 1.165) is 30.1 Å². The first kappa shape index (κ1) is 24.3. The topological polar surface area (TPSA) is 84.8 Å². The number of urea groups is 1. The van der Waals surface area contributed by atoms with Crippen LogP contribution in [0, 0.1) is 12.7 Å². The third-order valence-corrected chi connectivity index (χ3v) is 5.96. The zero-order chi connectivity index (χ0) is 24.8. The van der Waals surface area contributed by atoms with E-state index in [1.807, 2.05) is 32.0 Å². The summed E-state index contributed by atoms with van der Waals surface area (Å²) in [5.41, 5.74) is 2.19. The van der Waals surface area contributed by atoms with Crippen LogP contribution in [0.15, 0.2) is 42.7 Å². The van der Waals surface area contributed by atoms with Gasteiger partial charge in [0.15, 0.2) is 0 Å². The van der Waals surface area contributed by atoms with Gasteiger partial charge in [-0.2, -0.15) is 5.10 Å². The van der Waals surface area contributed by atoms with Crippen LogP contribution in [-0.2, 0) is 6.54 Å². The maximum Gasteiger partial charge on any atom is 0.317 e. The van der Waals surface area contributed by atoms with Crippen LogP contribution in [0.25, 0.3) is 5.69 Å². The maximum absolute atomic E-state index is 14.2. The van der Waals surface area contributed by atoms with Gasteiger partial charge in [-0.05, 0) is 44.5 Å². The highest BCUT2D eigenvalue weighted by Crippen LogP contribution is 2.29. The van der Waals surface area contributed by atoms with E-state index in [4.69, 9.17) is 9.47 Å². The molecular weight excluding hydrogens is 451 g/mol. The van der Waals surface area contributed by atoms with Crippen molar-refractivity contribution in [3.63, 3.8) is 0 Å². The number of anilines is 1. The van der Waals surface area contributed by atoms with E-state index in [0.29, 0.717) is 43.4 Å². The standard InChI is InChI=1S/C25H31FN6O3/c1-4-35-24-15-19(9-10-22(24)32-17-28-18(2)29-32)30-11-6-12-31(14-13-30)25(33)27-16-20-21(26)7-5-8-23(20)34-3/h5,7-10,15,17H,4,6,11-14,16H2,1-3H3,(H,27,33). The lowest BCUT2D eigenvalue weighted by Crippen LogP contribution is -2.42. The second kappa shape index (κ2) is 11.1. The van der Waals surface area contributed by atoms with Crippen molar-refractivity contribution in [3.05, 3.63) is 59.9 Å². The quantitative estimate of drug-likeness (QED) is 0.555. The predicted octanol–water partition coefficient (Wildman–Crippen LogP) is 3.54. The highest BCUT2D eigenvalue weighted by atomic mass is 19.1. The molecule has 2 heterocycles. The van der Waals surface area contributed by atoms with Crippen LogP contribution in [0.5, 0.6) is 11.5 Å². The normalized spacial score (nSPS) is 13.9. The zero-order valence-corrected chi connectivity index (χ0v) is 20.3. The van der Waals surface area contributed by atoms with Crippen molar-refractivity contribution in [1.82, 2.24) is 25.0 Å². The number of halogens is 1. The van der Waals surface area contributed by atoms with E-state index in [9.17, 15) is 9.18 Å². The first-order valence-corrected chi connectivity index (χ1v) is 11.7. The summed E-state index contributed by atoms with van der Waals surface area (Å²) in [6.07, 6.45) is 2.48. The minimum atomic E-state index is -0.402. The van der Waals surface area contributed by atoms with Crippen molar-refractivity contribution in [2.75, 3.05) is 44.8 Å². The van der Waals surface area contributed by atoms with Gasteiger partial charge in [0.05, 0.1) is 20.3 Å². The molecule has 10 heteroatoms. The molecule has 1 aliphatic heterocycles. The van der Waals surface area contributed by atoms with Crippen LogP contribution < -0.4 is 19.7 Å². The molecule has 0 spiro atoms. The summed E-state index contributed by atoms with van der Waals surface area (Å²) in [4.78, 5) is 21.0. The number of ether oxygens (including phenoxy) is 2. The number of carbonyl (C=O) groups is 1. The fourth-order valence-electron chi connectivity index (χ4n) is 4.18. The van der Waals surface area contributed by atoms with E-state index in [1.54, 1.807) is 28.0 Å². The molecule has 0 atom stereocenters. The molecule has 0 unspecified atom stereocenters. The molecule has 35 heavy (non-hydrogen) atoms. The van der Waals surface area contributed by atoms with Gasteiger partial charge >= 0.3 is 6.03 Å².